The van der Waals surface area contributed by atoms with E-state index in [0.29, 0.717) is 36.5 Å². The quantitative estimate of drug-likeness (QED) is 0.134. The first-order valence-corrected chi connectivity index (χ1v) is 15.8. The fraction of sp³-hybridized carbons (Fsp3) is 0.333. The third kappa shape index (κ3) is 17.2. The molecule has 0 spiro atoms. The number of nitrogens with zero attached hydrogens (tertiary/aromatic N) is 2. The number of hydrogen-bond donors (Lipinski definition) is 4. The zero-order chi connectivity index (χ0) is 34.9. The van der Waals surface area contributed by atoms with Crippen LogP contribution in [0.5, 0.6) is 11.8 Å². The van der Waals surface area contributed by atoms with E-state index in [9.17, 15) is 14.7 Å². The fourth-order valence-corrected chi connectivity index (χ4v) is 3.97. The predicted molar refractivity (Wildman–Crippen MR) is 189 cm³/mol. The van der Waals surface area contributed by atoms with E-state index in [2.05, 4.69) is 9.97 Å². The molecule has 10 nitrogen and oxygen atoms in total. The molecule has 0 aliphatic heterocycles. The number of benzene rings is 2. The van der Waals surface area contributed by atoms with Crippen LogP contribution in [0.2, 0.25) is 0 Å². The summed E-state index contributed by atoms with van der Waals surface area (Å²) in [7, 11) is 3.17. The first-order valence-electron chi connectivity index (χ1n) is 15.1. The Balaban J connectivity index is 0.000000695. The van der Waals surface area contributed by atoms with Crippen LogP contribution in [0.3, 0.4) is 0 Å². The largest absolute Gasteiger partial charge is 0.481 e. The van der Waals surface area contributed by atoms with Crippen molar-refractivity contribution < 1.29 is 35.8 Å². The molecule has 0 bridgehead atoms. The molecule has 0 amide bonds. The van der Waals surface area contributed by atoms with Crippen molar-refractivity contribution in [3.63, 3.8) is 0 Å². The van der Waals surface area contributed by atoms with Gasteiger partial charge in [0.1, 0.15) is 5.92 Å². The number of aromatic nitrogens is 2. The van der Waals surface area contributed by atoms with Crippen LogP contribution in [-0.2, 0) is 22.6 Å². The highest BCUT2D eigenvalue weighted by atomic mass is 32.2. The maximum atomic E-state index is 11.4. The molecule has 4 aromatic rings. The monoisotopic (exact) mass is 668 g/mol. The Morgan fingerprint density at radius 1 is 0.809 bits per heavy atom. The van der Waals surface area contributed by atoms with Gasteiger partial charge in [-0.2, -0.15) is 11.8 Å². The normalized spacial score (nSPS) is 11.1. The van der Waals surface area contributed by atoms with E-state index >= 15 is 0 Å². The van der Waals surface area contributed by atoms with Crippen molar-refractivity contribution in [1.29, 1.82) is 0 Å². The minimum absolute atomic E-state index is 0. The minimum atomic E-state index is -0.997. The molecule has 0 fully saturated rings. The van der Waals surface area contributed by atoms with Crippen molar-refractivity contribution in [1.82, 2.24) is 9.97 Å². The predicted octanol–water partition coefficient (Wildman–Crippen LogP) is 6.29. The van der Waals surface area contributed by atoms with Crippen LogP contribution < -0.4 is 15.2 Å². The Morgan fingerprint density at radius 3 is 1.60 bits per heavy atom. The summed E-state index contributed by atoms with van der Waals surface area (Å²) in [5, 5.41) is 26.8. The topological polar surface area (TPSA) is 165 Å². The molecule has 0 aliphatic carbocycles. The Morgan fingerprint density at radius 2 is 1.26 bits per heavy atom. The summed E-state index contributed by atoms with van der Waals surface area (Å²) in [5.41, 5.74) is 8.96. The number of carbonyl (C=O) groups is 2. The van der Waals surface area contributed by atoms with Gasteiger partial charge in [-0.05, 0) is 54.0 Å². The molecule has 2 heterocycles. The van der Waals surface area contributed by atoms with E-state index in [1.165, 1.54) is 11.8 Å². The minimum Gasteiger partial charge on any atom is -0.481 e. The summed E-state index contributed by atoms with van der Waals surface area (Å²) < 4.78 is 16.3. The summed E-state index contributed by atoms with van der Waals surface area (Å²) in [6, 6.07) is 25.5. The Labute approximate surface area is 284 Å². The van der Waals surface area contributed by atoms with Crippen LogP contribution in [0.15, 0.2) is 97.3 Å². The highest BCUT2D eigenvalue weighted by Gasteiger charge is 2.19. The standard InChI is InChI=1S/C17H19NO3.C9H10O3.C7H10N2O.C2H6S.CH4/c1-21-16-11-10-13(12-18-16)6-5-9-15(17(19)20)14-7-3-2-4-8-14;10-6-8(9(11)12)7-4-2-1-3-5-7;1-10-7-3-2-6(4-8)5-9-7;1-3-2;/h2-4,7-8,10-12,15H,5-6,9H2,1H3,(H,19,20);1-5,8,10H,6H2,(H,11,12);2-3,5H,4,8H2,1H3;1-2H3;1H4/i;;;1D;. The molecule has 2 aromatic heterocycles. The van der Waals surface area contributed by atoms with E-state index < -0.39 is 23.8 Å². The van der Waals surface area contributed by atoms with E-state index in [4.69, 9.17) is 26.8 Å². The number of aliphatic carboxylic acids is 2. The number of carboxylic acid groups (broad SMARTS) is 2. The van der Waals surface area contributed by atoms with Gasteiger partial charge < -0.3 is 30.5 Å². The molecule has 2 unspecified atom stereocenters. The smallest absolute Gasteiger partial charge is 0.313 e. The number of rotatable bonds is 12. The molecule has 47 heavy (non-hydrogen) atoms. The molecule has 5 N–H and O–H groups in total. The van der Waals surface area contributed by atoms with Gasteiger partial charge in [0.2, 0.25) is 11.8 Å². The molecule has 0 saturated heterocycles. The third-order valence-electron chi connectivity index (χ3n) is 6.39. The number of aliphatic hydroxyl groups is 1. The van der Waals surface area contributed by atoms with Gasteiger partial charge >= 0.3 is 11.9 Å². The van der Waals surface area contributed by atoms with Gasteiger partial charge in [-0.15, -0.1) is 0 Å². The van der Waals surface area contributed by atoms with Crippen molar-refractivity contribution in [2.24, 2.45) is 5.73 Å². The number of ether oxygens (including phenoxy) is 2. The number of carboxylic acids is 2. The molecule has 4 rings (SSSR count). The van der Waals surface area contributed by atoms with Gasteiger partial charge in [0.25, 0.3) is 0 Å². The van der Waals surface area contributed by atoms with Crippen molar-refractivity contribution in [2.75, 3.05) is 33.3 Å². The number of thioether (sulfide) groups is 1. The lowest BCUT2D eigenvalue weighted by atomic mass is 9.93. The summed E-state index contributed by atoms with van der Waals surface area (Å²) >= 11 is 1.52. The number of hydrogen-bond acceptors (Lipinski definition) is 9. The van der Waals surface area contributed by atoms with Gasteiger partial charge in [0.15, 0.2) is 0 Å². The molecular weight excluding hydrogens is 618 g/mol. The lowest BCUT2D eigenvalue weighted by molar-refractivity contribution is -0.140. The Hall–Kier alpha value is -4.45. The van der Waals surface area contributed by atoms with E-state index in [1.807, 2.05) is 54.8 Å². The van der Waals surface area contributed by atoms with Crippen molar-refractivity contribution in [3.8, 4) is 11.8 Å². The van der Waals surface area contributed by atoms with Crippen LogP contribution in [0, 0.1) is 0 Å². The maximum Gasteiger partial charge on any atom is 0.313 e. The third-order valence-corrected chi connectivity index (χ3v) is 6.39. The zero-order valence-electron chi connectivity index (χ0n) is 27.5. The Kier molecular flexibility index (Phi) is 22.2. The van der Waals surface area contributed by atoms with Crippen molar-refractivity contribution in [3.05, 3.63) is 120 Å². The van der Waals surface area contributed by atoms with Crippen LogP contribution in [0.4, 0.5) is 0 Å². The second-order valence-electron chi connectivity index (χ2n) is 9.59. The lowest BCUT2D eigenvalue weighted by Crippen LogP contribution is -2.15. The number of pyridine rings is 2. The number of methoxy groups -OCH3 is 2. The van der Waals surface area contributed by atoms with Crippen LogP contribution >= 0.6 is 11.8 Å². The van der Waals surface area contributed by atoms with Gasteiger partial charge in [0, 0.05) is 32.4 Å². The average Bonchev–Trinajstić information content (AvgIpc) is 3.12. The molecule has 2 aromatic carbocycles. The molecule has 256 valence electrons. The summed E-state index contributed by atoms with van der Waals surface area (Å²) in [5.74, 6) is -1.80. The summed E-state index contributed by atoms with van der Waals surface area (Å²) in [6.45, 7) is 0.163. The van der Waals surface area contributed by atoms with Crippen LogP contribution in [0.1, 0.15) is 55.7 Å². The fourth-order valence-electron chi connectivity index (χ4n) is 3.97. The number of aryl methyl sites for hydroxylation is 1. The first-order chi connectivity index (χ1) is 22.7. The van der Waals surface area contributed by atoms with Crippen molar-refractivity contribution in [2.45, 2.75) is 45.1 Å². The van der Waals surface area contributed by atoms with E-state index in [1.54, 1.807) is 63.0 Å². The highest BCUT2D eigenvalue weighted by Crippen LogP contribution is 2.23. The summed E-state index contributed by atoms with van der Waals surface area (Å²) in [6.07, 6.45) is 8.11. The lowest BCUT2D eigenvalue weighted by Gasteiger charge is -2.12. The maximum absolute atomic E-state index is 11.4. The van der Waals surface area contributed by atoms with Gasteiger partial charge in [-0.1, -0.05) is 80.2 Å². The number of aliphatic hydroxyl groups excluding tert-OH is 1. The van der Waals surface area contributed by atoms with E-state index in [-0.39, 0.29) is 14.0 Å². The van der Waals surface area contributed by atoms with Gasteiger partial charge in [-0.3, -0.25) is 9.59 Å². The highest BCUT2D eigenvalue weighted by molar-refractivity contribution is 7.97. The molecule has 0 saturated carbocycles. The molecule has 0 radical (unpaired) electrons. The number of nitrogens with two attached hydrogens (primary N) is 1. The van der Waals surface area contributed by atoms with E-state index in [0.717, 1.165) is 29.5 Å². The molecule has 0 aliphatic rings. The van der Waals surface area contributed by atoms with Crippen molar-refractivity contribution >= 4 is 23.7 Å². The molecule has 11 heteroatoms. The SMILES string of the molecule is C.COc1ccc(CCCC(C(=O)O)c2ccccc2)cn1.COc1ccc(CN)cn1.O=C(O)C(CO)c1ccccc1.[2H]CSC. The van der Waals surface area contributed by atoms with Crippen LogP contribution in [-0.4, -0.2) is 70.5 Å². The Bertz CT molecular complexity index is 1360. The van der Waals surface area contributed by atoms with Gasteiger partial charge in [-0.25, -0.2) is 9.97 Å². The average molecular weight is 669 g/mol. The molecular formula is C36H49N3O7S. The first kappa shape index (κ1) is 40.6. The van der Waals surface area contributed by atoms with Gasteiger partial charge in [0.05, 0.1) is 26.7 Å². The van der Waals surface area contributed by atoms with Crippen LogP contribution in [0.25, 0.3) is 0 Å². The zero-order valence-corrected chi connectivity index (χ0v) is 27.3. The molecule has 2 atom stereocenters. The summed E-state index contributed by atoms with van der Waals surface area (Å²) in [4.78, 5) is 30.1. The second kappa shape index (κ2) is 25.7. The second-order valence-corrected chi connectivity index (χ2v) is 10.2.